The molecule has 0 saturated heterocycles. The molecule has 0 aliphatic rings. The van der Waals surface area contributed by atoms with E-state index in [1.165, 1.54) is 40.3 Å². The van der Waals surface area contributed by atoms with Crippen molar-refractivity contribution in [1.82, 2.24) is 9.97 Å². The maximum Gasteiger partial charge on any atom is 2.00 e. The zero-order valence-corrected chi connectivity index (χ0v) is 53.2. The van der Waals surface area contributed by atoms with Gasteiger partial charge in [-0.1, -0.05) is 205 Å². The minimum Gasteiger partial charge on any atom is -0.778 e. The number of hydrogen-bond acceptors (Lipinski definition) is 10. The van der Waals surface area contributed by atoms with Crippen molar-refractivity contribution in [2.24, 2.45) is 0 Å². The molecular weight excluding hydrogens is 1200 g/mol. The number of aromatic nitrogens is 4. The third kappa shape index (κ3) is 11.5. The molecule has 0 aliphatic carbocycles. The molecule has 4 aromatic heterocycles. The van der Waals surface area contributed by atoms with Gasteiger partial charge >= 0.3 is 29.6 Å². The molecule has 12 aromatic carbocycles. The van der Waals surface area contributed by atoms with Gasteiger partial charge in [0, 0.05) is 23.3 Å². The molecule has 4 nitrogen and oxygen atoms in total. The topological polar surface area (TPSA) is 54.1 Å². The molecule has 0 amide bonds. The van der Waals surface area contributed by atoms with E-state index in [2.05, 4.69) is 156 Å². The van der Waals surface area contributed by atoms with E-state index in [0.717, 1.165) is 105 Å². The zero-order chi connectivity index (χ0) is 54.1. The van der Waals surface area contributed by atoms with Gasteiger partial charge in [0.25, 0.3) is 10.0 Å². The molecule has 0 atom stereocenters. The van der Waals surface area contributed by atoms with E-state index in [1.807, 2.05) is 97.1 Å². The molecule has 0 aliphatic heterocycles. The van der Waals surface area contributed by atoms with Gasteiger partial charge in [0.1, 0.15) is 19.4 Å². The Kier molecular flexibility index (Phi) is 17.4. The molecule has 384 valence electrons. The largest absolute Gasteiger partial charge is 2.00 e. The Hall–Kier alpha value is -7.09. The van der Waals surface area contributed by atoms with E-state index in [4.69, 9.17) is 60.5 Å². The second-order valence-electron chi connectivity index (χ2n) is 18.7. The molecule has 0 bridgehead atoms. The van der Waals surface area contributed by atoms with Crippen molar-refractivity contribution < 1.29 is 29.4 Å². The van der Waals surface area contributed by atoms with Gasteiger partial charge in [-0.15, -0.1) is 22.7 Å². The standard InChI is InChI=1S/4C17H11NS2.Be.Zn/c4*19-16-12-6-2-1-5-11(12)9-10-13(16)17-18-14-7-3-4-8-15(14)20-17;;/h4*1-10,19H;;/q;;;;2*+2/p-2. The molecule has 0 fully saturated rings. The van der Waals surface area contributed by atoms with E-state index >= 15 is 0 Å². The molecule has 0 radical (unpaired) electrons. The van der Waals surface area contributed by atoms with E-state index < -0.39 is 0 Å². The molecule has 16 rings (SSSR count). The number of nitrogens with one attached hydrogen (secondary N) is 2. The Morgan fingerprint density at radius 1 is 0.280 bits per heavy atom. The van der Waals surface area contributed by atoms with Crippen molar-refractivity contribution in [2.75, 3.05) is 0 Å². The summed E-state index contributed by atoms with van der Waals surface area (Å²) >= 11 is 29.5. The molecule has 14 heteroatoms. The number of benzene rings is 12. The van der Waals surface area contributed by atoms with Crippen LogP contribution in [0.5, 0.6) is 0 Å². The van der Waals surface area contributed by atoms with Crippen LogP contribution in [0.2, 0.25) is 0 Å². The predicted molar refractivity (Wildman–Crippen MR) is 356 cm³/mol. The minimum absolute atomic E-state index is 0. The van der Waals surface area contributed by atoms with Crippen molar-refractivity contribution in [2.45, 2.75) is 19.6 Å². The summed E-state index contributed by atoms with van der Waals surface area (Å²) in [5.74, 6) is 0. The molecule has 0 saturated carbocycles. The first kappa shape index (κ1) is 56.8. The smallest absolute Gasteiger partial charge is 0.778 e. The van der Waals surface area contributed by atoms with Crippen LogP contribution in [0.4, 0.5) is 0 Å². The fraction of sp³-hybridized carbons (Fsp3) is 0. The summed E-state index contributed by atoms with van der Waals surface area (Å²) in [6, 6.07) is 83.0. The van der Waals surface area contributed by atoms with Crippen LogP contribution in [-0.2, 0) is 70.0 Å². The Morgan fingerprint density at radius 2 is 0.561 bits per heavy atom. The van der Waals surface area contributed by atoms with Crippen LogP contribution in [0, 0.1) is 0 Å². The van der Waals surface area contributed by atoms with Crippen molar-refractivity contribution in [3.8, 4) is 42.3 Å². The van der Waals surface area contributed by atoms with Crippen LogP contribution in [0.15, 0.2) is 262 Å². The number of aromatic amines is 2. The van der Waals surface area contributed by atoms with Gasteiger partial charge in [-0.3, -0.25) is 0 Å². The molecule has 4 heterocycles. The van der Waals surface area contributed by atoms with Gasteiger partial charge in [-0.2, -0.15) is 29.5 Å². The SMILES string of the molecule is [Be+2].[S-]c1c(-c2[nH+]c3ccccc3s2)ccc2ccccc12.[S-]c1c(-c2[nH+]c3ccccc3s2)ccc2ccccc12.[S-]c1c(-c2nc3ccccc3s2)ccc2ccccc12.[S-]c1c(-c2nc3ccccc3s2)ccc2ccccc12.[Zn+2]. The third-order valence-corrected chi connectivity index (χ3v) is 19.9. The summed E-state index contributed by atoms with van der Waals surface area (Å²) in [5, 5.41) is 13.6. The average Bonchev–Trinajstić information content (AvgIpc) is 4.40. The van der Waals surface area contributed by atoms with Gasteiger partial charge in [-0.25, -0.2) is 9.97 Å². The van der Waals surface area contributed by atoms with Crippen molar-refractivity contribution in [3.05, 3.63) is 243 Å². The Balaban J connectivity index is 0.000000114. The summed E-state index contributed by atoms with van der Waals surface area (Å²) in [7, 11) is 0. The number of fused-ring (bicyclic) bond motifs is 8. The molecule has 2 N–H and O–H groups in total. The second kappa shape index (κ2) is 25.2. The number of para-hydroxylation sites is 4. The molecule has 16 aromatic rings. The van der Waals surface area contributed by atoms with Crippen molar-refractivity contribution in [3.63, 3.8) is 0 Å². The molecule has 0 spiro atoms. The number of H-pyrrole nitrogens is 2. The number of rotatable bonds is 4. The fourth-order valence-electron chi connectivity index (χ4n) is 9.72. The van der Waals surface area contributed by atoms with Gasteiger partial charge in [0.05, 0.1) is 20.4 Å². The summed E-state index contributed by atoms with van der Waals surface area (Å²) in [4.78, 5) is 20.0. The quantitative estimate of drug-likeness (QED) is 0.129. The Labute approximate surface area is 528 Å². The van der Waals surface area contributed by atoms with Gasteiger partial charge in [0.15, 0.2) is 0 Å². The monoisotopic (exact) mass is 1240 g/mol. The van der Waals surface area contributed by atoms with Gasteiger partial charge < -0.3 is 50.5 Å². The average molecular weight is 1250 g/mol. The number of hydrogen-bond donors (Lipinski definition) is 0. The van der Waals surface area contributed by atoms with Crippen LogP contribution in [0.3, 0.4) is 0 Å². The fourth-order valence-corrected chi connectivity index (χ4v) is 15.5. The summed E-state index contributed by atoms with van der Waals surface area (Å²) < 4.78 is 4.91. The van der Waals surface area contributed by atoms with E-state index in [-0.39, 0.29) is 29.6 Å². The van der Waals surface area contributed by atoms with Crippen LogP contribution in [-0.4, -0.2) is 20.1 Å². The first-order chi connectivity index (χ1) is 39.3. The van der Waals surface area contributed by atoms with E-state index in [0.29, 0.717) is 0 Å². The Bertz CT molecular complexity index is 4200. The predicted octanol–water partition coefficient (Wildman–Crippen LogP) is 18.5. The molecule has 82 heavy (non-hydrogen) atoms. The molecule has 0 unspecified atom stereocenters. The Morgan fingerprint density at radius 3 is 0.902 bits per heavy atom. The van der Waals surface area contributed by atoms with Gasteiger partial charge in [0.2, 0.25) is 11.0 Å². The zero-order valence-electron chi connectivity index (χ0n) is 43.7. The van der Waals surface area contributed by atoms with Crippen LogP contribution in [0.25, 0.3) is 126 Å². The van der Waals surface area contributed by atoms with E-state index in [1.54, 1.807) is 45.3 Å². The van der Waals surface area contributed by atoms with Gasteiger partial charge in [-0.05, 0) is 103 Å². The number of thiazole rings is 4. The summed E-state index contributed by atoms with van der Waals surface area (Å²) in [6.45, 7) is 0. The first-order valence-corrected chi connectivity index (χ1v) is 30.5. The first-order valence-electron chi connectivity index (χ1n) is 25.6. The van der Waals surface area contributed by atoms with Crippen LogP contribution >= 0.6 is 45.3 Å². The third-order valence-electron chi connectivity index (χ3n) is 13.8. The minimum atomic E-state index is 0. The van der Waals surface area contributed by atoms with E-state index in [9.17, 15) is 0 Å². The maximum atomic E-state index is 5.67. The van der Waals surface area contributed by atoms with Crippen LogP contribution in [0.1, 0.15) is 0 Å². The number of nitrogens with zero attached hydrogens (tertiary/aromatic N) is 2. The van der Waals surface area contributed by atoms with Crippen molar-refractivity contribution in [1.29, 1.82) is 0 Å². The second-order valence-corrected chi connectivity index (χ2v) is 24.5. The summed E-state index contributed by atoms with van der Waals surface area (Å²) in [6.07, 6.45) is 0. The molecular formula is C68H42BeN4S8Zn+2. The van der Waals surface area contributed by atoms with Crippen molar-refractivity contribution >= 4 is 190 Å². The summed E-state index contributed by atoms with van der Waals surface area (Å²) in [5.41, 5.74) is 8.73. The normalized spacial score (nSPS) is 10.9. The van der Waals surface area contributed by atoms with Crippen LogP contribution < -0.4 is 9.97 Å². The maximum absolute atomic E-state index is 5.67.